The minimum Gasteiger partial charge on any atom is -0.301 e. The van der Waals surface area contributed by atoms with Gasteiger partial charge in [-0.2, -0.15) is 5.26 Å². The van der Waals surface area contributed by atoms with Crippen LogP contribution in [-0.4, -0.2) is 23.5 Å². The number of nitriles is 1. The van der Waals surface area contributed by atoms with Crippen molar-refractivity contribution in [1.82, 2.24) is 9.88 Å². The zero-order valence-corrected chi connectivity index (χ0v) is 8.70. The lowest BCUT2D eigenvalue weighted by Crippen LogP contribution is -2.19. The minimum atomic E-state index is 0.617. The second kappa shape index (κ2) is 5.36. The van der Waals surface area contributed by atoms with E-state index in [0.29, 0.717) is 5.56 Å². The summed E-state index contributed by atoms with van der Waals surface area (Å²) in [5, 5.41) is 8.59. The van der Waals surface area contributed by atoms with Crippen LogP contribution in [0.4, 0.5) is 0 Å². The highest BCUT2D eigenvalue weighted by Gasteiger charge is 1.99. The second-order valence-corrected chi connectivity index (χ2v) is 3.39. The first kappa shape index (κ1) is 10.7. The van der Waals surface area contributed by atoms with Gasteiger partial charge in [0.15, 0.2) is 0 Å². The molecule has 0 aliphatic rings. The Kier molecular flexibility index (Phi) is 4.09. The molecule has 0 atom stereocenters. The highest BCUT2D eigenvalue weighted by molar-refractivity contribution is 5.26. The Balaban J connectivity index is 2.56. The molecule has 0 unspecified atom stereocenters. The summed E-state index contributed by atoms with van der Waals surface area (Å²) in [6.07, 6.45) is 2.77. The average Bonchev–Trinajstić information content (AvgIpc) is 2.19. The van der Waals surface area contributed by atoms with Crippen LogP contribution >= 0.6 is 0 Å². The first-order valence-corrected chi connectivity index (χ1v) is 4.80. The van der Waals surface area contributed by atoms with Gasteiger partial charge in [0.1, 0.15) is 6.07 Å². The molecule has 0 saturated carbocycles. The molecule has 1 aromatic rings. The van der Waals surface area contributed by atoms with E-state index in [1.165, 1.54) is 0 Å². The van der Waals surface area contributed by atoms with E-state index in [2.05, 4.69) is 29.9 Å². The molecule has 0 aliphatic heterocycles. The third-order valence-electron chi connectivity index (χ3n) is 1.99. The Morgan fingerprint density at radius 3 is 2.79 bits per heavy atom. The summed E-state index contributed by atoms with van der Waals surface area (Å²) in [5.74, 6) is 0. The zero-order valence-electron chi connectivity index (χ0n) is 8.70. The minimum absolute atomic E-state index is 0.617. The third kappa shape index (κ3) is 3.15. The number of nitrogens with zero attached hydrogens (tertiary/aromatic N) is 3. The molecule has 0 aromatic carbocycles. The second-order valence-electron chi connectivity index (χ2n) is 3.39. The number of rotatable bonds is 4. The van der Waals surface area contributed by atoms with Gasteiger partial charge in [0.05, 0.1) is 11.3 Å². The van der Waals surface area contributed by atoms with Gasteiger partial charge >= 0.3 is 0 Å². The molecule has 1 heterocycles. The summed E-state index contributed by atoms with van der Waals surface area (Å²) in [6.45, 7) is 4.07. The first-order chi connectivity index (χ1) is 6.76. The summed E-state index contributed by atoms with van der Waals surface area (Å²) in [4.78, 5) is 6.42. The van der Waals surface area contributed by atoms with Gasteiger partial charge in [-0.15, -0.1) is 0 Å². The summed E-state index contributed by atoms with van der Waals surface area (Å²) in [5.41, 5.74) is 1.63. The van der Waals surface area contributed by atoms with Crippen LogP contribution in [0.25, 0.3) is 0 Å². The molecule has 0 bridgehead atoms. The molecule has 14 heavy (non-hydrogen) atoms. The highest BCUT2D eigenvalue weighted by Crippen LogP contribution is 2.02. The van der Waals surface area contributed by atoms with Crippen LogP contribution in [0.5, 0.6) is 0 Å². The Bertz CT molecular complexity index is 310. The SMILES string of the molecule is CCCN(C)Cc1ccc(C#N)cn1. The van der Waals surface area contributed by atoms with Gasteiger partial charge in [-0.05, 0) is 32.1 Å². The molecule has 74 valence electrons. The zero-order chi connectivity index (χ0) is 10.4. The molecule has 1 aromatic heterocycles. The molecule has 0 radical (unpaired) electrons. The number of aromatic nitrogens is 1. The Labute approximate surface area is 85.0 Å². The van der Waals surface area contributed by atoms with Gasteiger partial charge in [0.25, 0.3) is 0 Å². The van der Waals surface area contributed by atoms with Gasteiger partial charge in [0, 0.05) is 12.7 Å². The number of hydrogen-bond donors (Lipinski definition) is 0. The van der Waals surface area contributed by atoms with E-state index in [1.807, 2.05) is 12.1 Å². The van der Waals surface area contributed by atoms with Crippen molar-refractivity contribution in [3.63, 3.8) is 0 Å². The van der Waals surface area contributed by atoms with Crippen molar-refractivity contribution in [2.75, 3.05) is 13.6 Å². The van der Waals surface area contributed by atoms with Gasteiger partial charge in [-0.25, -0.2) is 0 Å². The number of pyridine rings is 1. The summed E-state index contributed by atoms with van der Waals surface area (Å²) in [7, 11) is 2.07. The largest absolute Gasteiger partial charge is 0.301 e. The Hall–Kier alpha value is -1.40. The fourth-order valence-electron chi connectivity index (χ4n) is 1.32. The molecule has 3 heteroatoms. The quantitative estimate of drug-likeness (QED) is 0.725. The van der Waals surface area contributed by atoms with Gasteiger partial charge in [-0.1, -0.05) is 6.92 Å². The van der Waals surface area contributed by atoms with Crippen LogP contribution in [0.3, 0.4) is 0 Å². The average molecular weight is 189 g/mol. The fraction of sp³-hybridized carbons (Fsp3) is 0.455. The van der Waals surface area contributed by atoms with Gasteiger partial charge in [-0.3, -0.25) is 4.98 Å². The molecule has 0 N–H and O–H groups in total. The number of hydrogen-bond acceptors (Lipinski definition) is 3. The monoisotopic (exact) mass is 189 g/mol. The molecular weight excluding hydrogens is 174 g/mol. The predicted octanol–water partition coefficient (Wildman–Crippen LogP) is 1.80. The van der Waals surface area contributed by atoms with Crippen LogP contribution < -0.4 is 0 Å². The lowest BCUT2D eigenvalue weighted by atomic mass is 10.2. The molecule has 0 saturated heterocycles. The third-order valence-corrected chi connectivity index (χ3v) is 1.99. The van der Waals surface area contributed by atoms with E-state index in [0.717, 1.165) is 25.2 Å². The van der Waals surface area contributed by atoms with Gasteiger partial charge < -0.3 is 4.90 Å². The van der Waals surface area contributed by atoms with E-state index in [4.69, 9.17) is 5.26 Å². The lowest BCUT2D eigenvalue weighted by Gasteiger charge is -2.14. The van der Waals surface area contributed by atoms with E-state index in [1.54, 1.807) is 6.20 Å². The summed E-state index contributed by atoms with van der Waals surface area (Å²) < 4.78 is 0. The van der Waals surface area contributed by atoms with E-state index in [-0.39, 0.29) is 0 Å². The molecular formula is C11H15N3. The standard InChI is InChI=1S/C11H15N3/c1-3-6-14(2)9-11-5-4-10(7-12)8-13-11/h4-5,8H,3,6,9H2,1-2H3. The maximum atomic E-state index is 8.59. The van der Waals surface area contributed by atoms with Crippen LogP contribution in [-0.2, 0) is 6.54 Å². The molecule has 0 aliphatic carbocycles. The molecule has 1 rings (SSSR count). The van der Waals surface area contributed by atoms with E-state index >= 15 is 0 Å². The lowest BCUT2D eigenvalue weighted by molar-refractivity contribution is 0.323. The van der Waals surface area contributed by atoms with Crippen LogP contribution in [0.15, 0.2) is 18.3 Å². The van der Waals surface area contributed by atoms with Crippen molar-refractivity contribution >= 4 is 0 Å². The van der Waals surface area contributed by atoms with Crippen molar-refractivity contribution < 1.29 is 0 Å². The Morgan fingerprint density at radius 2 is 2.29 bits per heavy atom. The summed E-state index contributed by atoms with van der Waals surface area (Å²) >= 11 is 0. The smallest absolute Gasteiger partial charge is 0.101 e. The predicted molar refractivity (Wildman–Crippen MR) is 55.6 cm³/mol. The molecule has 0 spiro atoms. The van der Waals surface area contributed by atoms with Crippen molar-refractivity contribution in [3.05, 3.63) is 29.6 Å². The van der Waals surface area contributed by atoms with Crippen LogP contribution in [0, 0.1) is 11.3 Å². The van der Waals surface area contributed by atoms with Gasteiger partial charge in [0.2, 0.25) is 0 Å². The van der Waals surface area contributed by atoms with Crippen molar-refractivity contribution in [2.45, 2.75) is 19.9 Å². The highest BCUT2D eigenvalue weighted by atomic mass is 15.1. The fourth-order valence-corrected chi connectivity index (χ4v) is 1.32. The van der Waals surface area contributed by atoms with E-state index in [9.17, 15) is 0 Å². The normalized spacial score (nSPS) is 10.1. The molecule has 0 amide bonds. The van der Waals surface area contributed by atoms with Crippen LogP contribution in [0.1, 0.15) is 24.6 Å². The first-order valence-electron chi connectivity index (χ1n) is 4.80. The Morgan fingerprint density at radius 1 is 1.50 bits per heavy atom. The van der Waals surface area contributed by atoms with Crippen molar-refractivity contribution in [3.8, 4) is 6.07 Å². The maximum Gasteiger partial charge on any atom is 0.101 e. The molecule has 3 nitrogen and oxygen atoms in total. The topological polar surface area (TPSA) is 39.9 Å². The van der Waals surface area contributed by atoms with E-state index < -0.39 is 0 Å². The maximum absolute atomic E-state index is 8.59. The molecule has 0 fully saturated rings. The van der Waals surface area contributed by atoms with Crippen molar-refractivity contribution in [2.24, 2.45) is 0 Å². The van der Waals surface area contributed by atoms with Crippen LogP contribution in [0.2, 0.25) is 0 Å². The van der Waals surface area contributed by atoms with Crippen molar-refractivity contribution in [1.29, 1.82) is 5.26 Å². The summed E-state index contributed by atoms with van der Waals surface area (Å²) in [6, 6.07) is 5.77.